The van der Waals surface area contributed by atoms with Crippen molar-refractivity contribution in [1.82, 2.24) is 5.32 Å². The van der Waals surface area contributed by atoms with Crippen LogP contribution in [0.2, 0.25) is 0 Å². The van der Waals surface area contributed by atoms with Crippen molar-refractivity contribution in [1.29, 1.82) is 0 Å². The first kappa shape index (κ1) is 22.0. The largest absolute Gasteiger partial charge is 0.490 e. The lowest BCUT2D eigenvalue weighted by atomic mass is 10.1. The van der Waals surface area contributed by atoms with Crippen molar-refractivity contribution in [2.24, 2.45) is 0 Å². The van der Waals surface area contributed by atoms with E-state index in [1.54, 1.807) is 30.6 Å². The summed E-state index contributed by atoms with van der Waals surface area (Å²) in [7, 11) is 1.64. The number of amides is 1. The number of carbonyl (C=O) groups excluding carboxylic acids is 1. The van der Waals surface area contributed by atoms with Crippen LogP contribution in [0.15, 0.2) is 24.3 Å². The van der Waals surface area contributed by atoms with Gasteiger partial charge in [0.15, 0.2) is 11.5 Å². The summed E-state index contributed by atoms with van der Waals surface area (Å²) in [6.45, 7) is 9.47. The predicted octanol–water partition coefficient (Wildman–Crippen LogP) is 4.37. The molecule has 1 N–H and O–H groups in total. The van der Waals surface area contributed by atoms with Crippen LogP contribution in [0.5, 0.6) is 17.2 Å². The van der Waals surface area contributed by atoms with Crippen LogP contribution < -0.4 is 19.5 Å². The zero-order chi connectivity index (χ0) is 20.5. The lowest BCUT2D eigenvalue weighted by molar-refractivity contribution is 0.0837. The van der Waals surface area contributed by atoms with Gasteiger partial charge in [0.25, 0.3) is 5.91 Å². The molecule has 28 heavy (non-hydrogen) atoms. The third-order valence-corrected chi connectivity index (χ3v) is 5.08. The third-order valence-electron chi connectivity index (χ3n) is 3.98. The van der Waals surface area contributed by atoms with E-state index in [0.29, 0.717) is 49.2 Å². The second kappa shape index (κ2) is 10.9. The highest BCUT2D eigenvalue weighted by Crippen LogP contribution is 2.39. The number of hydrogen-bond acceptors (Lipinski definition) is 6. The minimum Gasteiger partial charge on any atom is -0.490 e. The molecule has 0 aliphatic carbocycles. The average molecular weight is 408 g/mol. The number of hydrogen-bond donors (Lipinski definition) is 1. The summed E-state index contributed by atoms with van der Waals surface area (Å²) >= 11 is 1.66. The molecule has 0 saturated carbocycles. The highest BCUT2D eigenvalue weighted by atomic mass is 32.1. The summed E-state index contributed by atoms with van der Waals surface area (Å²) in [5.74, 6) is 1.29. The Morgan fingerprint density at radius 3 is 2.11 bits per heavy atom. The van der Waals surface area contributed by atoms with E-state index < -0.39 is 0 Å². The summed E-state index contributed by atoms with van der Waals surface area (Å²) in [6.07, 6.45) is -0.192. The fourth-order valence-corrected chi connectivity index (χ4v) is 3.69. The molecule has 1 atom stereocenters. The smallest absolute Gasteiger partial charge is 0.251 e. The molecule has 0 saturated heterocycles. The van der Waals surface area contributed by atoms with E-state index in [2.05, 4.69) is 5.32 Å². The van der Waals surface area contributed by atoms with Gasteiger partial charge in [-0.05, 0) is 52.0 Å². The van der Waals surface area contributed by atoms with Crippen LogP contribution in [-0.2, 0) is 4.74 Å². The summed E-state index contributed by atoms with van der Waals surface area (Å²) < 4.78 is 22.6. The van der Waals surface area contributed by atoms with Crippen LogP contribution >= 0.6 is 11.3 Å². The Labute approximate surface area is 170 Å². The molecule has 2 rings (SSSR count). The standard InChI is InChI=1S/C21H29NO5S/c1-6-25-16-11-15(12-17(26-7-2)20(16)27-8-3)21(23)22-13-18(24-5)19-10-9-14(4)28-19/h9-12,18H,6-8,13H2,1-5H3,(H,22,23). The van der Waals surface area contributed by atoms with Crippen LogP contribution in [0, 0.1) is 6.92 Å². The second-order valence-electron chi connectivity index (χ2n) is 5.98. The Morgan fingerprint density at radius 1 is 1.04 bits per heavy atom. The van der Waals surface area contributed by atoms with E-state index in [1.165, 1.54) is 4.88 Å². The van der Waals surface area contributed by atoms with Gasteiger partial charge in [0.1, 0.15) is 6.10 Å². The number of thiophene rings is 1. The number of ether oxygens (including phenoxy) is 4. The van der Waals surface area contributed by atoms with Crippen LogP contribution in [0.4, 0.5) is 0 Å². The van der Waals surface area contributed by atoms with E-state index in [-0.39, 0.29) is 12.0 Å². The number of carbonyl (C=O) groups is 1. The van der Waals surface area contributed by atoms with Gasteiger partial charge in [0.05, 0.1) is 19.8 Å². The van der Waals surface area contributed by atoms with Crippen molar-refractivity contribution in [3.63, 3.8) is 0 Å². The minimum absolute atomic E-state index is 0.192. The molecule has 0 aliphatic heterocycles. The normalized spacial score (nSPS) is 11.8. The molecule has 0 radical (unpaired) electrons. The number of rotatable bonds is 11. The van der Waals surface area contributed by atoms with Gasteiger partial charge in [0.2, 0.25) is 5.75 Å². The molecule has 154 valence electrons. The molecule has 0 bridgehead atoms. The number of aryl methyl sites for hydroxylation is 1. The van der Waals surface area contributed by atoms with Gasteiger partial charge >= 0.3 is 0 Å². The lowest BCUT2D eigenvalue weighted by Gasteiger charge is -2.18. The molecule has 0 fully saturated rings. The van der Waals surface area contributed by atoms with E-state index >= 15 is 0 Å². The van der Waals surface area contributed by atoms with E-state index in [1.807, 2.05) is 39.8 Å². The van der Waals surface area contributed by atoms with Crippen molar-refractivity contribution >= 4 is 17.2 Å². The van der Waals surface area contributed by atoms with Gasteiger partial charge < -0.3 is 24.3 Å². The molecule has 1 heterocycles. The average Bonchev–Trinajstić information content (AvgIpc) is 3.11. The molecule has 6 nitrogen and oxygen atoms in total. The Morgan fingerprint density at radius 2 is 1.64 bits per heavy atom. The van der Waals surface area contributed by atoms with Gasteiger partial charge in [0, 0.05) is 29.0 Å². The number of methoxy groups -OCH3 is 1. The van der Waals surface area contributed by atoms with Crippen LogP contribution in [0.3, 0.4) is 0 Å². The Bertz CT molecular complexity index is 747. The van der Waals surface area contributed by atoms with E-state index in [9.17, 15) is 4.79 Å². The maximum absolute atomic E-state index is 12.8. The maximum Gasteiger partial charge on any atom is 0.251 e. The second-order valence-corrected chi connectivity index (χ2v) is 7.30. The number of benzene rings is 1. The van der Waals surface area contributed by atoms with Crippen LogP contribution in [0.25, 0.3) is 0 Å². The van der Waals surface area contributed by atoms with Crippen molar-refractivity contribution < 1.29 is 23.7 Å². The summed E-state index contributed by atoms with van der Waals surface area (Å²) in [5, 5.41) is 2.94. The molecular formula is C21H29NO5S. The molecule has 7 heteroatoms. The van der Waals surface area contributed by atoms with Crippen molar-refractivity contribution in [3.05, 3.63) is 39.6 Å². The molecule has 0 aliphatic rings. The zero-order valence-corrected chi connectivity index (χ0v) is 18.0. The quantitative estimate of drug-likeness (QED) is 0.599. The van der Waals surface area contributed by atoms with Gasteiger partial charge in [-0.15, -0.1) is 11.3 Å². The highest BCUT2D eigenvalue weighted by molar-refractivity contribution is 7.12. The van der Waals surface area contributed by atoms with Gasteiger partial charge in [-0.2, -0.15) is 0 Å². The topological polar surface area (TPSA) is 66.0 Å². The maximum atomic E-state index is 12.8. The minimum atomic E-state index is -0.222. The predicted molar refractivity (Wildman–Crippen MR) is 111 cm³/mol. The van der Waals surface area contributed by atoms with E-state index in [4.69, 9.17) is 18.9 Å². The zero-order valence-electron chi connectivity index (χ0n) is 17.2. The Hall–Kier alpha value is -2.25. The van der Waals surface area contributed by atoms with E-state index in [0.717, 1.165) is 4.88 Å². The monoisotopic (exact) mass is 407 g/mol. The molecule has 1 aromatic heterocycles. The van der Waals surface area contributed by atoms with Gasteiger partial charge in [-0.3, -0.25) is 4.79 Å². The SMILES string of the molecule is CCOc1cc(C(=O)NCC(OC)c2ccc(C)s2)cc(OCC)c1OCC. The van der Waals surface area contributed by atoms with Gasteiger partial charge in [-0.25, -0.2) is 0 Å². The first-order chi connectivity index (χ1) is 13.5. The fraction of sp³-hybridized carbons (Fsp3) is 0.476. The molecule has 1 unspecified atom stereocenters. The van der Waals surface area contributed by atoms with Crippen LogP contribution in [0.1, 0.15) is 47.0 Å². The Kier molecular flexibility index (Phi) is 8.60. The molecule has 0 spiro atoms. The van der Waals surface area contributed by atoms with Crippen LogP contribution in [-0.4, -0.2) is 39.4 Å². The van der Waals surface area contributed by atoms with Crippen molar-refractivity contribution in [2.75, 3.05) is 33.5 Å². The third kappa shape index (κ3) is 5.62. The molecule has 1 aromatic carbocycles. The highest BCUT2D eigenvalue weighted by Gasteiger charge is 2.20. The summed E-state index contributed by atoms with van der Waals surface area (Å²) in [6, 6.07) is 7.44. The van der Waals surface area contributed by atoms with Crippen molar-refractivity contribution in [3.8, 4) is 17.2 Å². The number of nitrogens with one attached hydrogen (secondary N) is 1. The lowest BCUT2D eigenvalue weighted by Crippen LogP contribution is -2.29. The molecular weight excluding hydrogens is 378 g/mol. The first-order valence-electron chi connectivity index (χ1n) is 9.47. The first-order valence-corrected chi connectivity index (χ1v) is 10.3. The molecule has 1 amide bonds. The van der Waals surface area contributed by atoms with Gasteiger partial charge in [-0.1, -0.05) is 0 Å². The van der Waals surface area contributed by atoms with Crippen molar-refractivity contribution in [2.45, 2.75) is 33.8 Å². The summed E-state index contributed by atoms with van der Waals surface area (Å²) in [4.78, 5) is 15.1. The fourth-order valence-electron chi connectivity index (χ4n) is 2.73. The summed E-state index contributed by atoms with van der Waals surface area (Å²) in [5.41, 5.74) is 0.451. The Balaban J connectivity index is 2.21. The molecule has 2 aromatic rings.